The Kier molecular flexibility index (Phi) is 8.63. The molecule has 0 fully saturated rings. The fourth-order valence-corrected chi connectivity index (χ4v) is 3.82. The third kappa shape index (κ3) is 8.66. The van der Waals surface area contributed by atoms with E-state index >= 15 is 0 Å². The van der Waals surface area contributed by atoms with Crippen LogP contribution >= 0.6 is 0 Å². The van der Waals surface area contributed by atoms with Gasteiger partial charge in [0.15, 0.2) is 5.78 Å². The maximum absolute atomic E-state index is 12.8. The summed E-state index contributed by atoms with van der Waals surface area (Å²) in [5.74, 6) is -0.320. The van der Waals surface area contributed by atoms with E-state index in [-0.39, 0.29) is 18.0 Å². The monoisotopic (exact) mass is 513 g/mol. The second-order valence-electron chi connectivity index (χ2n) is 9.67. The van der Waals surface area contributed by atoms with Crippen LogP contribution in [0.4, 0.5) is 18.0 Å². The van der Waals surface area contributed by atoms with Crippen molar-refractivity contribution in [2.75, 3.05) is 0 Å². The van der Waals surface area contributed by atoms with Crippen molar-refractivity contribution >= 4 is 11.9 Å². The molecule has 0 saturated carbocycles. The zero-order valence-corrected chi connectivity index (χ0v) is 21.2. The molecule has 0 aliphatic heterocycles. The molecule has 0 aromatic heterocycles. The number of carbonyl (C=O) groups is 2. The number of alkyl carbamates (subject to hydrolysis) is 1. The molecule has 8 heteroatoms. The highest BCUT2D eigenvalue weighted by Gasteiger charge is 2.31. The molecule has 5 nitrogen and oxygen atoms in total. The van der Waals surface area contributed by atoms with E-state index in [2.05, 4.69) is 10.1 Å². The number of Topliss-reactive ketones (excluding diaryl/α,β-unsaturated/α-hetero) is 1. The van der Waals surface area contributed by atoms with Crippen LogP contribution in [0.3, 0.4) is 0 Å². The molecule has 1 atom stereocenters. The molecular weight excluding hydrogens is 483 g/mol. The number of hydrogen-bond donors (Lipinski definition) is 1. The summed E-state index contributed by atoms with van der Waals surface area (Å²) in [6.45, 7) is 7.18. The predicted octanol–water partition coefficient (Wildman–Crippen LogP) is 7.79. The van der Waals surface area contributed by atoms with E-state index in [0.717, 1.165) is 16.7 Å². The van der Waals surface area contributed by atoms with Gasteiger partial charge in [-0.3, -0.25) is 4.79 Å². The first-order valence-electron chi connectivity index (χ1n) is 11.9. The smallest absolute Gasteiger partial charge is 0.444 e. The third-order valence-corrected chi connectivity index (χ3v) is 5.53. The molecule has 0 radical (unpaired) electrons. The molecule has 3 aromatic carbocycles. The van der Waals surface area contributed by atoms with E-state index < -0.39 is 24.1 Å². The van der Waals surface area contributed by atoms with Crippen molar-refractivity contribution in [1.29, 1.82) is 0 Å². The van der Waals surface area contributed by atoms with Crippen LogP contribution in [-0.4, -0.2) is 23.8 Å². The normalized spacial score (nSPS) is 12.5. The van der Waals surface area contributed by atoms with Gasteiger partial charge in [-0.2, -0.15) is 0 Å². The van der Waals surface area contributed by atoms with E-state index in [1.165, 1.54) is 24.3 Å². The highest BCUT2D eigenvalue weighted by atomic mass is 19.4. The number of nitrogens with one attached hydrogen (secondary N) is 1. The fraction of sp³-hybridized carbons (Fsp3) is 0.310. The molecule has 196 valence electrons. The topological polar surface area (TPSA) is 64.6 Å². The Morgan fingerprint density at radius 3 is 1.97 bits per heavy atom. The number of benzene rings is 3. The summed E-state index contributed by atoms with van der Waals surface area (Å²) in [6.07, 6.45) is -4.77. The number of aryl methyl sites for hydroxylation is 1. The standard InChI is InChI=1S/C29H30F3NO4/c1-19-7-5-6-8-24(19)26(34)18-17-25(33-27(35)37-28(2,3)4)22-11-9-20(10-12-22)21-13-15-23(16-14-21)36-29(30,31)32/h5-16,25H,17-18H2,1-4H3,(H,33,35). The van der Waals surface area contributed by atoms with Crippen LogP contribution in [0.15, 0.2) is 72.8 Å². The summed E-state index contributed by atoms with van der Waals surface area (Å²) >= 11 is 0. The van der Waals surface area contributed by atoms with E-state index in [1.54, 1.807) is 26.8 Å². The van der Waals surface area contributed by atoms with E-state index in [4.69, 9.17) is 4.74 Å². The number of ether oxygens (including phenoxy) is 2. The SMILES string of the molecule is Cc1ccccc1C(=O)CCC(NC(=O)OC(C)(C)C)c1ccc(-c2ccc(OC(F)(F)F)cc2)cc1. The van der Waals surface area contributed by atoms with Crippen molar-refractivity contribution in [1.82, 2.24) is 5.32 Å². The lowest BCUT2D eigenvalue weighted by Crippen LogP contribution is -2.35. The third-order valence-electron chi connectivity index (χ3n) is 5.53. The molecule has 1 amide bonds. The molecular formula is C29H30F3NO4. The first-order chi connectivity index (χ1) is 17.3. The lowest BCUT2D eigenvalue weighted by Gasteiger charge is -2.24. The Hall–Kier alpha value is -3.81. The Morgan fingerprint density at radius 2 is 1.43 bits per heavy atom. The Bertz CT molecular complexity index is 1210. The minimum atomic E-state index is -4.75. The van der Waals surface area contributed by atoms with Crippen LogP contribution in [0.2, 0.25) is 0 Å². The molecule has 0 aliphatic rings. The van der Waals surface area contributed by atoms with Gasteiger partial charge in [-0.1, -0.05) is 60.7 Å². The zero-order chi connectivity index (χ0) is 27.2. The summed E-state index contributed by atoms with van der Waals surface area (Å²) in [5, 5.41) is 2.86. The van der Waals surface area contributed by atoms with Crippen molar-refractivity contribution in [2.45, 2.75) is 58.5 Å². The predicted molar refractivity (Wildman–Crippen MR) is 135 cm³/mol. The van der Waals surface area contributed by atoms with Gasteiger partial charge in [0, 0.05) is 12.0 Å². The van der Waals surface area contributed by atoms with Gasteiger partial charge >= 0.3 is 12.5 Å². The van der Waals surface area contributed by atoms with Gasteiger partial charge in [0.05, 0.1) is 6.04 Å². The summed E-state index contributed by atoms with van der Waals surface area (Å²) < 4.78 is 46.6. The molecule has 0 spiro atoms. The van der Waals surface area contributed by atoms with Crippen molar-refractivity contribution in [3.63, 3.8) is 0 Å². The zero-order valence-electron chi connectivity index (χ0n) is 21.2. The van der Waals surface area contributed by atoms with E-state index in [1.807, 2.05) is 49.4 Å². The van der Waals surface area contributed by atoms with Crippen LogP contribution in [-0.2, 0) is 4.74 Å². The second-order valence-corrected chi connectivity index (χ2v) is 9.67. The number of carbonyl (C=O) groups excluding carboxylic acids is 2. The summed E-state index contributed by atoms with van der Waals surface area (Å²) in [4.78, 5) is 25.4. The lowest BCUT2D eigenvalue weighted by molar-refractivity contribution is -0.274. The van der Waals surface area contributed by atoms with E-state index in [9.17, 15) is 22.8 Å². The number of ketones is 1. The Labute approximate surface area is 214 Å². The molecule has 37 heavy (non-hydrogen) atoms. The fourth-order valence-electron chi connectivity index (χ4n) is 3.82. The van der Waals surface area contributed by atoms with Crippen molar-refractivity contribution in [3.05, 3.63) is 89.5 Å². The molecule has 0 saturated heterocycles. The van der Waals surface area contributed by atoms with Crippen molar-refractivity contribution in [3.8, 4) is 16.9 Å². The van der Waals surface area contributed by atoms with Gasteiger partial charge in [0.1, 0.15) is 11.4 Å². The van der Waals surface area contributed by atoms with Gasteiger partial charge in [-0.05, 0) is 68.5 Å². The van der Waals surface area contributed by atoms with Crippen molar-refractivity contribution in [2.24, 2.45) is 0 Å². The first-order valence-corrected chi connectivity index (χ1v) is 11.9. The number of hydrogen-bond acceptors (Lipinski definition) is 4. The average Bonchev–Trinajstić information content (AvgIpc) is 2.80. The number of amides is 1. The largest absolute Gasteiger partial charge is 0.573 e. The maximum atomic E-state index is 12.8. The van der Waals surface area contributed by atoms with Crippen LogP contribution in [0.1, 0.15) is 61.1 Å². The quantitative estimate of drug-likeness (QED) is 0.312. The molecule has 3 aromatic rings. The van der Waals surface area contributed by atoms with Crippen LogP contribution in [0.25, 0.3) is 11.1 Å². The first kappa shape index (κ1) is 27.8. The summed E-state index contributed by atoms with van der Waals surface area (Å²) in [6, 6.07) is 19.7. The minimum absolute atomic E-state index is 0.0214. The Balaban J connectivity index is 1.77. The number of rotatable bonds is 8. The molecule has 3 rings (SSSR count). The highest BCUT2D eigenvalue weighted by Crippen LogP contribution is 2.28. The summed E-state index contributed by atoms with van der Waals surface area (Å²) in [5.41, 5.74) is 3.09. The second kappa shape index (κ2) is 11.5. The van der Waals surface area contributed by atoms with Gasteiger partial charge in [0.25, 0.3) is 0 Å². The lowest BCUT2D eigenvalue weighted by atomic mass is 9.95. The van der Waals surface area contributed by atoms with Crippen LogP contribution in [0, 0.1) is 6.92 Å². The van der Waals surface area contributed by atoms with Crippen LogP contribution < -0.4 is 10.1 Å². The molecule has 1 unspecified atom stereocenters. The molecule has 0 aliphatic carbocycles. The van der Waals surface area contributed by atoms with Crippen LogP contribution in [0.5, 0.6) is 5.75 Å². The van der Waals surface area contributed by atoms with Gasteiger partial charge < -0.3 is 14.8 Å². The van der Waals surface area contributed by atoms with Gasteiger partial charge in [-0.25, -0.2) is 4.79 Å². The maximum Gasteiger partial charge on any atom is 0.573 e. The van der Waals surface area contributed by atoms with Crippen molar-refractivity contribution < 1.29 is 32.2 Å². The molecule has 1 N–H and O–H groups in total. The number of halogens is 3. The minimum Gasteiger partial charge on any atom is -0.444 e. The van der Waals surface area contributed by atoms with Gasteiger partial charge in [0.2, 0.25) is 0 Å². The molecule has 0 bridgehead atoms. The van der Waals surface area contributed by atoms with Gasteiger partial charge in [-0.15, -0.1) is 13.2 Å². The number of alkyl halides is 3. The average molecular weight is 514 g/mol. The summed E-state index contributed by atoms with van der Waals surface area (Å²) in [7, 11) is 0. The Morgan fingerprint density at radius 1 is 0.865 bits per heavy atom. The highest BCUT2D eigenvalue weighted by molar-refractivity contribution is 5.97. The molecule has 0 heterocycles. The van der Waals surface area contributed by atoms with E-state index in [0.29, 0.717) is 17.5 Å².